The summed E-state index contributed by atoms with van der Waals surface area (Å²) in [6.45, 7) is 5.02. The summed E-state index contributed by atoms with van der Waals surface area (Å²) < 4.78 is 21.0. The summed E-state index contributed by atoms with van der Waals surface area (Å²) in [6.07, 6.45) is 2.03. The number of carbonyl (C=O) groups excluding carboxylic acids is 2. The molecule has 0 spiro atoms. The molecule has 0 saturated carbocycles. The summed E-state index contributed by atoms with van der Waals surface area (Å²) in [4.78, 5) is 30.1. The van der Waals surface area contributed by atoms with Crippen molar-refractivity contribution < 1.29 is 18.7 Å². The van der Waals surface area contributed by atoms with E-state index in [-0.39, 0.29) is 24.1 Å². The highest BCUT2D eigenvalue weighted by Crippen LogP contribution is 2.12. The van der Waals surface area contributed by atoms with Gasteiger partial charge in [0.05, 0.1) is 11.7 Å². The Morgan fingerprint density at radius 1 is 1.37 bits per heavy atom. The van der Waals surface area contributed by atoms with E-state index in [1.807, 2.05) is 13.8 Å². The number of thiazole rings is 1. The summed E-state index contributed by atoms with van der Waals surface area (Å²) in [5.74, 6) is -1.45. The van der Waals surface area contributed by atoms with Crippen molar-refractivity contribution in [3.05, 3.63) is 51.0 Å². The van der Waals surface area contributed by atoms with E-state index in [1.54, 1.807) is 10.6 Å². The van der Waals surface area contributed by atoms with Crippen molar-refractivity contribution in [2.24, 2.45) is 4.99 Å². The maximum Gasteiger partial charge on any atom is 0.282 e. The van der Waals surface area contributed by atoms with E-state index in [0.29, 0.717) is 11.3 Å². The minimum Gasteiger partial charge on any atom is -0.376 e. The molecule has 0 radical (unpaired) electrons. The summed E-state index contributed by atoms with van der Waals surface area (Å²) in [5.41, 5.74) is 0.767. The maximum atomic E-state index is 13.8. The van der Waals surface area contributed by atoms with Crippen LogP contribution < -0.4 is 10.1 Å². The molecule has 1 atom stereocenters. The van der Waals surface area contributed by atoms with Gasteiger partial charge in [0.1, 0.15) is 12.4 Å². The molecule has 8 heteroatoms. The Balaban J connectivity index is 1.78. The number of rotatable bonds is 5. The lowest BCUT2D eigenvalue weighted by atomic mass is 10.2. The van der Waals surface area contributed by atoms with E-state index < -0.39 is 11.7 Å². The third-order valence-electron chi connectivity index (χ3n) is 4.54. The second-order valence-electron chi connectivity index (χ2n) is 6.45. The predicted molar refractivity (Wildman–Crippen MR) is 100 cm³/mol. The molecule has 1 saturated heterocycles. The first-order chi connectivity index (χ1) is 13.0. The fraction of sp³-hybridized carbons (Fsp3) is 0.421. The van der Waals surface area contributed by atoms with Gasteiger partial charge in [-0.25, -0.2) is 4.39 Å². The second-order valence-corrected chi connectivity index (χ2v) is 7.63. The summed E-state index contributed by atoms with van der Waals surface area (Å²) in [5, 5.41) is 2.86. The highest BCUT2D eigenvalue weighted by molar-refractivity contribution is 7.09. The molecule has 1 aromatic heterocycles. The van der Waals surface area contributed by atoms with Crippen molar-refractivity contribution in [1.82, 2.24) is 9.88 Å². The quantitative estimate of drug-likeness (QED) is 0.850. The van der Waals surface area contributed by atoms with Crippen LogP contribution in [0.25, 0.3) is 0 Å². The fourth-order valence-electron chi connectivity index (χ4n) is 2.88. The average molecular weight is 391 g/mol. The van der Waals surface area contributed by atoms with Crippen molar-refractivity contribution in [1.29, 1.82) is 0 Å². The van der Waals surface area contributed by atoms with E-state index >= 15 is 0 Å². The van der Waals surface area contributed by atoms with Gasteiger partial charge in [0, 0.05) is 23.7 Å². The molecule has 2 amide bonds. The van der Waals surface area contributed by atoms with E-state index in [9.17, 15) is 14.0 Å². The molecule has 2 heterocycles. The number of amides is 2. The Hall–Kier alpha value is -2.32. The minimum absolute atomic E-state index is 0.0479. The highest BCUT2D eigenvalue weighted by Gasteiger charge is 2.18. The van der Waals surface area contributed by atoms with Crippen LogP contribution in [0.15, 0.2) is 29.3 Å². The molecule has 27 heavy (non-hydrogen) atoms. The third kappa shape index (κ3) is 4.70. The number of ether oxygens (including phenoxy) is 1. The summed E-state index contributed by atoms with van der Waals surface area (Å²) in [7, 11) is 0. The zero-order valence-electron chi connectivity index (χ0n) is 15.3. The van der Waals surface area contributed by atoms with E-state index in [4.69, 9.17) is 4.74 Å². The van der Waals surface area contributed by atoms with Crippen molar-refractivity contribution >= 4 is 23.2 Å². The number of hydrogen-bond acceptors (Lipinski definition) is 4. The Kier molecular flexibility index (Phi) is 6.18. The van der Waals surface area contributed by atoms with Crippen LogP contribution in [0, 0.1) is 19.7 Å². The zero-order valence-corrected chi connectivity index (χ0v) is 16.1. The van der Waals surface area contributed by atoms with Crippen molar-refractivity contribution in [2.45, 2.75) is 39.3 Å². The number of carbonyl (C=O) groups is 2. The van der Waals surface area contributed by atoms with Crippen molar-refractivity contribution in [2.75, 3.05) is 13.2 Å². The number of aromatic nitrogens is 1. The Labute approximate surface area is 160 Å². The molecule has 3 rings (SSSR count). The first-order valence-corrected chi connectivity index (χ1v) is 9.66. The summed E-state index contributed by atoms with van der Waals surface area (Å²) >= 11 is 1.30. The number of halogens is 1. The van der Waals surface area contributed by atoms with Gasteiger partial charge >= 0.3 is 0 Å². The van der Waals surface area contributed by atoms with Crippen LogP contribution in [0.3, 0.4) is 0 Å². The zero-order chi connectivity index (χ0) is 19.4. The lowest BCUT2D eigenvalue weighted by Crippen LogP contribution is -2.36. The van der Waals surface area contributed by atoms with Gasteiger partial charge in [0.25, 0.3) is 5.91 Å². The van der Waals surface area contributed by atoms with Crippen molar-refractivity contribution in [3.63, 3.8) is 0 Å². The van der Waals surface area contributed by atoms with Crippen molar-refractivity contribution in [3.8, 4) is 0 Å². The van der Waals surface area contributed by atoms with Crippen LogP contribution in [-0.2, 0) is 16.1 Å². The Bertz CT molecular complexity index is 913. The number of aryl methyl sites for hydroxylation is 1. The van der Waals surface area contributed by atoms with Gasteiger partial charge in [-0.2, -0.15) is 4.99 Å². The lowest BCUT2D eigenvalue weighted by molar-refractivity contribution is -0.122. The largest absolute Gasteiger partial charge is 0.376 e. The molecule has 144 valence electrons. The van der Waals surface area contributed by atoms with Gasteiger partial charge in [-0.3, -0.25) is 9.59 Å². The maximum absolute atomic E-state index is 13.8. The molecular weight excluding hydrogens is 369 g/mol. The van der Waals surface area contributed by atoms with Gasteiger partial charge in [-0.1, -0.05) is 12.1 Å². The number of benzene rings is 1. The molecule has 6 nitrogen and oxygen atoms in total. The van der Waals surface area contributed by atoms with Crippen LogP contribution in [0.5, 0.6) is 0 Å². The second kappa shape index (κ2) is 8.58. The van der Waals surface area contributed by atoms with Crippen LogP contribution >= 0.6 is 11.3 Å². The lowest BCUT2D eigenvalue weighted by Gasteiger charge is -2.12. The number of hydrogen-bond donors (Lipinski definition) is 1. The highest BCUT2D eigenvalue weighted by atomic mass is 32.1. The minimum atomic E-state index is -0.664. The molecule has 2 aromatic rings. The molecule has 1 fully saturated rings. The van der Waals surface area contributed by atoms with Gasteiger partial charge in [0.2, 0.25) is 5.91 Å². The van der Waals surface area contributed by atoms with Gasteiger partial charge in [-0.15, -0.1) is 11.3 Å². The SMILES string of the molecule is Cc1sc(=NC(=O)c2ccccc2F)n(CC(=O)NCC2CCCO2)c1C. The number of nitrogens with zero attached hydrogens (tertiary/aromatic N) is 2. The van der Waals surface area contributed by atoms with Gasteiger partial charge in [-0.05, 0) is 38.8 Å². The summed E-state index contributed by atoms with van der Waals surface area (Å²) in [6, 6.07) is 5.72. The monoisotopic (exact) mass is 391 g/mol. The Morgan fingerprint density at radius 2 is 2.15 bits per heavy atom. The first kappa shape index (κ1) is 19.4. The van der Waals surface area contributed by atoms with Crippen LogP contribution in [0.1, 0.15) is 33.8 Å². The predicted octanol–water partition coefficient (Wildman–Crippen LogP) is 2.34. The third-order valence-corrected chi connectivity index (χ3v) is 5.64. The average Bonchev–Trinajstić information content (AvgIpc) is 3.25. The molecule has 0 aliphatic carbocycles. The van der Waals surface area contributed by atoms with E-state index in [2.05, 4.69) is 10.3 Å². The van der Waals surface area contributed by atoms with Crippen LogP contribution in [-0.4, -0.2) is 35.6 Å². The van der Waals surface area contributed by atoms with Gasteiger partial charge in [0.15, 0.2) is 4.80 Å². The number of nitrogens with one attached hydrogen (secondary N) is 1. The molecule has 1 aliphatic heterocycles. The fourth-order valence-corrected chi connectivity index (χ4v) is 3.86. The molecule has 1 aromatic carbocycles. The molecule has 1 unspecified atom stereocenters. The van der Waals surface area contributed by atoms with E-state index in [1.165, 1.54) is 29.5 Å². The van der Waals surface area contributed by atoms with E-state index in [0.717, 1.165) is 30.0 Å². The van der Waals surface area contributed by atoms with Crippen LogP contribution in [0.2, 0.25) is 0 Å². The van der Waals surface area contributed by atoms with Crippen LogP contribution in [0.4, 0.5) is 4.39 Å². The molecule has 1 aliphatic rings. The van der Waals surface area contributed by atoms with Gasteiger partial charge < -0.3 is 14.6 Å². The molecule has 0 bridgehead atoms. The Morgan fingerprint density at radius 3 is 2.85 bits per heavy atom. The standard InChI is InChI=1S/C19H22FN3O3S/c1-12-13(2)27-19(22-18(25)15-7-3-4-8-16(15)20)23(12)11-17(24)21-10-14-6-5-9-26-14/h3-4,7-8,14H,5-6,9-11H2,1-2H3,(H,21,24). The molecular formula is C19H22FN3O3S. The molecule has 1 N–H and O–H groups in total. The smallest absolute Gasteiger partial charge is 0.282 e. The first-order valence-electron chi connectivity index (χ1n) is 8.84. The normalized spacial score (nSPS) is 17.3. The topological polar surface area (TPSA) is 72.7 Å².